The van der Waals surface area contributed by atoms with E-state index in [1.54, 1.807) is 27.7 Å². The predicted molar refractivity (Wildman–Crippen MR) is 76.7 cm³/mol. The molecule has 0 atom stereocenters. The molecule has 117 valence electrons. The van der Waals surface area contributed by atoms with Gasteiger partial charge in [-0.05, 0) is 48.5 Å². The topological polar surface area (TPSA) is 72.5 Å². The molecule has 0 fully saturated rings. The average molecular weight is 287 g/mol. The Morgan fingerprint density at radius 1 is 0.950 bits per heavy atom. The minimum atomic E-state index is -0.466. The summed E-state index contributed by atoms with van der Waals surface area (Å²) >= 11 is 0. The highest BCUT2D eigenvalue weighted by Crippen LogP contribution is 2.09. The van der Waals surface area contributed by atoms with Gasteiger partial charge in [0, 0.05) is 5.57 Å². The Morgan fingerprint density at radius 3 is 1.55 bits per heavy atom. The van der Waals surface area contributed by atoms with Gasteiger partial charge >= 0.3 is 11.9 Å². The second-order valence-electron chi connectivity index (χ2n) is 6.32. The highest BCUT2D eigenvalue weighted by atomic mass is 16.6. The van der Waals surface area contributed by atoms with Crippen LogP contribution in [-0.4, -0.2) is 29.7 Å². The molecule has 5 heteroatoms. The predicted octanol–water partition coefficient (Wildman–Crippen LogP) is 3.05. The van der Waals surface area contributed by atoms with E-state index in [4.69, 9.17) is 9.47 Å². The van der Waals surface area contributed by atoms with Crippen LogP contribution in [0.2, 0.25) is 0 Å². The van der Waals surface area contributed by atoms with Gasteiger partial charge in [0.1, 0.15) is 11.2 Å². The van der Waals surface area contributed by atoms with E-state index in [9.17, 15) is 14.7 Å². The van der Waals surface area contributed by atoms with Crippen molar-refractivity contribution in [1.82, 2.24) is 0 Å². The first-order valence-corrected chi connectivity index (χ1v) is 6.47. The van der Waals surface area contributed by atoms with Crippen LogP contribution in [0.3, 0.4) is 0 Å². The lowest BCUT2D eigenvalue weighted by atomic mass is 10.2. The van der Waals surface area contributed by atoms with Gasteiger partial charge in [-0.15, -0.1) is 0 Å². The molecule has 5 nitrogen and oxygen atoms in total. The summed E-state index contributed by atoms with van der Waals surface area (Å²) in [4.78, 5) is 21.5. The van der Waals surface area contributed by atoms with E-state index >= 15 is 0 Å². The number of esters is 2. The van der Waals surface area contributed by atoms with Crippen LogP contribution in [0.5, 0.6) is 0 Å². The molecule has 0 saturated heterocycles. The van der Waals surface area contributed by atoms with Crippen LogP contribution in [0.25, 0.3) is 0 Å². The summed E-state index contributed by atoms with van der Waals surface area (Å²) in [5, 5.41) is 9.93. The summed E-state index contributed by atoms with van der Waals surface area (Å²) < 4.78 is 9.80. The van der Waals surface area contributed by atoms with Gasteiger partial charge in [-0.2, -0.15) is 0 Å². The molecule has 0 aliphatic carbocycles. The maximum absolute atomic E-state index is 10.8. The Labute approximate surface area is 122 Å². The van der Waals surface area contributed by atoms with E-state index in [1.165, 1.54) is 0 Å². The molecule has 0 amide bonds. The van der Waals surface area contributed by atoms with Gasteiger partial charge in [-0.1, -0.05) is 6.58 Å². The Kier molecular flexibility index (Phi) is 9.15. The fourth-order valence-corrected chi connectivity index (χ4v) is 0.841. The van der Waals surface area contributed by atoms with Crippen molar-refractivity contribution in [2.24, 2.45) is 0 Å². The third kappa shape index (κ3) is 16.6. The maximum atomic E-state index is 10.8. The van der Waals surface area contributed by atoms with Crippen LogP contribution in [0.1, 0.15) is 54.9 Å². The molecule has 0 bridgehead atoms. The van der Waals surface area contributed by atoms with Crippen LogP contribution >= 0.6 is 0 Å². The van der Waals surface area contributed by atoms with Gasteiger partial charge in [0.25, 0.3) is 0 Å². The van der Waals surface area contributed by atoms with Crippen molar-refractivity contribution in [2.75, 3.05) is 6.61 Å². The molecule has 1 radical (unpaired) electrons. The van der Waals surface area contributed by atoms with Gasteiger partial charge in [0.05, 0.1) is 13.0 Å². The standard InChI is InChI=1S/C8H14O2.C7H13O3/c1-6(2)7(9)10-8(3,4)5;1-7(2,3)10-6(9)4-5-8/h1H2,2-5H3;4-5H2,1-3H3. The Bertz CT molecular complexity index is 331. The molecule has 0 saturated carbocycles. The summed E-state index contributed by atoms with van der Waals surface area (Å²) in [5.41, 5.74) is -0.433. The van der Waals surface area contributed by atoms with Gasteiger partial charge < -0.3 is 9.47 Å². The molecule has 0 spiro atoms. The van der Waals surface area contributed by atoms with E-state index in [2.05, 4.69) is 6.58 Å². The minimum absolute atomic E-state index is 0.0305. The number of carbonyl (C=O) groups is 2. The third-order valence-electron chi connectivity index (χ3n) is 1.47. The molecule has 0 aromatic heterocycles. The molecular weight excluding hydrogens is 260 g/mol. The highest BCUT2D eigenvalue weighted by molar-refractivity contribution is 5.87. The first kappa shape index (κ1) is 20.9. The third-order valence-corrected chi connectivity index (χ3v) is 1.47. The smallest absolute Gasteiger partial charge is 0.333 e. The molecule has 20 heavy (non-hydrogen) atoms. The molecular formula is C15H27O5. The molecule has 0 aliphatic heterocycles. The van der Waals surface area contributed by atoms with Gasteiger partial charge in [-0.3, -0.25) is 4.79 Å². The maximum Gasteiger partial charge on any atom is 0.333 e. The van der Waals surface area contributed by atoms with Gasteiger partial charge in [-0.25, -0.2) is 9.90 Å². The van der Waals surface area contributed by atoms with Crippen molar-refractivity contribution >= 4 is 11.9 Å². The molecule has 0 heterocycles. The van der Waals surface area contributed by atoms with E-state index in [1.807, 2.05) is 20.8 Å². The van der Waals surface area contributed by atoms with Crippen molar-refractivity contribution in [3.05, 3.63) is 12.2 Å². The zero-order valence-electron chi connectivity index (χ0n) is 13.7. The fourth-order valence-electron chi connectivity index (χ4n) is 0.841. The monoisotopic (exact) mass is 287 g/mol. The van der Waals surface area contributed by atoms with Crippen LogP contribution < -0.4 is 0 Å². The number of hydrogen-bond acceptors (Lipinski definition) is 4. The second-order valence-corrected chi connectivity index (χ2v) is 6.32. The van der Waals surface area contributed by atoms with Crippen LogP contribution in [0.15, 0.2) is 12.2 Å². The summed E-state index contributed by atoms with van der Waals surface area (Å²) in [6.45, 7) is 15.5. The fraction of sp³-hybridized carbons (Fsp3) is 0.733. The van der Waals surface area contributed by atoms with Gasteiger partial charge in [0.2, 0.25) is 0 Å². The second kappa shape index (κ2) is 8.74. The Balaban J connectivity index is 0. The number of ether oxygens (including phenoxy) is 2. The summed E-state index contributed by atoms with van der Waals surface area (Å²) in [5.74, 6) is -0.741. The lowest BCUT2D eigenvalue weighted by Gasteiger charge is -2.19. The number of carbonyl (C=O) groups excluding carboxylic acids is 2. The summed E-state index contributed by atoms with van der Waals surface area (Å²) in [6, 6.07) is 0. The quantitative estimate of drug-likeness (QED) is 0.590. The minimum Gasteiger partial charge on any atom is -0.460 e. The van der Waals surface area contributed by atoms with E-state index in [0.29, 0.717) is 5.57 Å². The first-order chi connectivity index (χ1) is 8.78. The highest BCUT2D eigenvalue weighted by Gasteiger charge is 2.16. The number of hydrogen-bond donors (Lipinski definition) is 0. The molecule has 0 rings (SSSR count). The number of rotatable bonds is 3. The molecule has 0 aromatic rings. The van der Waals surface area contributed by atoms with Crippen molar-refractivity contribution in [2.45, 2.75) is 66.1 Å². The van der Waals surface area contributed by atoms with Gasteiger partial charge in [0.15, 0.2) is 0 Å². The van der Waals surface area contributed by atoms with Crippen molar-refractivity contribution < 1.29 is 24.2 Å². The zero-order valence-corrected chi connectivity index (χ0v) is 13.7. The molecule has 0 aromatic carbocycles. The van der Waals surface area contributed by atoms with E-state index < -0.39 is 23.8 Å². The average Bonchev–Trinajstić information content (AvgIpc) is 2.12. The first-order valence-electron chi connectivity index (χ1n) is 6.47. The summed E-state index contributed by atoms with van der Waals surface area (Å²) in [7, 11) is 0. The lowest BCUT2D eigenvalue weighted by Crippen LogP contribution is -2.24. The van der Waals surface area contributed by atoms with Crippen molar-refractivity contribution in [3.8, 4) is 0 Å². The largest absolute Gasteiger partial charge is 0.460 e. The molecule has 0 aliphatic rings. The zero-order chi connectivity index (χ0) is 16.6. The van der Waals surface area contributed by atoms with Crippen LogP contribution in [0, 0.1) is 0 Å². The summed E-state index contributed by atoms with van der Waals surface area (Å²) in [6.07, 6.45) is -0.0305. The lowest BCUT2D eigenvalue weighted by molar-refractivity contribution is -0.156. The molecule has 0 N–H and O–H groups in total. The van der Waals surface area contributed by atoms with E-state index in [-0.39, 0.29) is 12.4 Å². The normalized spacial score (nSPS) is 11.0. The van der Waals surface area contributed by atoms with Crippen molar-refractivity contribution in [1.29, 1.82) is 0 Å². The van der Waals surface area contributed by atoms with Crippen LogP contribution in [0.4, 0.5) is 0 Å². The van der Waals surface area contributed by atoms with E-state index in [0.717, 1.165) is 0 Å². The Hall–Kier alpha value is -1.36. The Morgan fingerprint density at radius 2 is 1.35 bits per heavy atom. The van der Waals surface area contributed by atoms with Crippen molar-refractivity contribution in [3.63, 3.8) is 0 Å². The SMILES string of the molecule is C=C(C)C(=O)OC(C)(C)C.CC(C)(C)OC(=O)CC[O]. The molecule has 0 unspecified atom stereocenters. The van der Waals surface area contributed by atoms with Crippen LogP contribution in [-0.2, 0) is 24.2 Å².